The number of carbonyl (C=O) groups excluding carboxylic acids is 2. The number of aryl methyl sites for hydroxylation is 1. The van der Waals surface area contributed by atoms with E-state index < -0.39 is 0 Å². The van der Waals surface area contributed by atoms with Gasteiger partial charge < -0.3 is 19.9 Å². The molecule has 0 bridgehead atoms. The van der Waals surface area contributed by atoms with E-state index in [4.69, 9.17) is 16.3 Å². The van der Waals surface area contributed by atoms with E-state index in [1.165, 1.54) is 36.0 Å². The number of allylic oxidation sites excluding steroid dienone is 3. The van der Waals surface area contributed by atoms with Crippen LogP contribution in [0.1, 0.15) is 90.8 Å². The van der Waals surface area contributed by atoms with Crippen LogP contribution in [0.4, 0.5) is 4.79 Å². The van der Waals surface area contributed by atoms with Crippen molar-refractivity contribution in [1.29, 1.82) is 0 Å². The Morgan fingerprint density at radius 2 is 1.75 bits per heavy atom. The number of amides is 2. The van der Waals surface area contributed by atoms with E-state index in [2.05, 4.69) is 54.2 Å². The van der Waals surface area contributed by atoms with E-state index in [9.17, 15) is 9.59 Å². The van der Waals surface area contributed by atoms with E-state index in [-0.39, 0.29) is 18.2 Å². The summed E-state index contributed by atoms with van der Waals surface area (Å²) in [7, 11) is 1.75. The number of nitrogens with zero attached hydrogens (tertiary/aromatic N) is 3. The van der Waals surface area contributed by atoms with Gasteiger partial charge in [-0.1, -0.05) is 48.7 Å². The van der Waals surface area contributed by atoms with Gasteiger partial charge in [0.15, 0.2) is 0 Å². The maximum atomic E-state index is 12.6. The molecule has 0 spiro atoms. The quantitative estimate of drug-likeness (QED) is 0.210. The first-order valence-electron chi connectivity index (χ1n) is 14.5. The average molecular weight is 575 g/mol. The first-order valence-corrected chi connectivity index (χ1v) is 14.9. The van der Waals surface area contributed by atoms with E-state index in [0.717, 1.165) is 43.1 Å². The Morgan fingerprint density at radius 1 is 1.12 bits per heavy atom. The molecule has 8 heteroatoms. The maximum Gasteiger partial charge on any atom is 0.410 e. The molecule has 1 aromatic rings. The average Bonchev–Trinajstić information content (AvgIpc) is 2.97. The Hall–Kier alpha value is -2.64. The lowest BCUT2D eigenvalue weighted by molar-refractivity contribution is -0.108. The van der Waals surface area contributed by atoms with Gasteiger partial charge in [-0.15, -0.1) is 0 Å². The molecular formula is C32H51ClN4O3. The van der Waals surface area contributed by atoms with Gasteiger partial charge in [0, 0.05) is 43.9 Å². The van der Waals surface area contributed by atoms with Crippen LogP contribution in [-0.2, 0) is 16.0 Å². The summed E-state index contributed by atoms with van der Waals surface area (Å²) in [6.07, 6.45) is 13.2. The summed E-state index contributed by atoms with van der Waals surface area (Å²) in [5.41, 5.74) is 4.79. The lowest BCUT2D eigenvalue weighted by Crippen LogP contribution is -2.50. The number of carbonyl (C=O) groups is 2. The van der Waals surface area contributed by atoms with Crippen molar-refractivity contribution in [2.45, 2.75) is 92.2 Å². The minimum atomic E-state index is -0.129. The normalized spacial score (nSPS) is 17.1. The predicted molar refractivity (Wildman–Crippen MR) is 168 cm³/mol. The van der Waals surface area contributed by atoms with Crippen LogP contribution >= 0.6 is 11.6 Å². The number of nitrogens with one attached hydrogen (secondary N) is 1. The molecule has 7 nitrogen and oxygen atoms in total. The van der Waals surface area contributed by atoms with E-state index in [1.54, 1.807) is 13.3 Å². The van der Waals surface area contributed by atoms with E-state index in [1.807, 2.05) is 37.8 Å². The van der Waals surface area contributed by atoms with Crippen molar-refractivity contribution in [3.05, 3.63) is 57.8 Å². The summed E-state index contributed by atoms with van der Waals surface area (Å²) >= 11 is 6.24. The second-order valence-electron chi connectivity index (χ2n) is 10.3. The molecule has 1 N–H and O–H groups in total. The van der Waals surface area contributed by atoms with Crippen molar-refractivity contribution in [3.8, 4) is 0 Å². The third-order valence-electron chi connectivity index (χ3n) is 7.06. The highest BCUT2D eigenvalue weighted by Crippen LogP contribution is 2.30. The second kappa shape index (κ2) is 20.3. The lowest BCUT2D eigenvalue weighted by atomic mass is 9.95. The van der Waals surface area contributed by atoms with Gasteiger partial charge in [0.25, 0.3) is 0 Å². The van der Waals surface area contributed by atoms with Crippen molar-refractivity contribution < 1.29 is 14.3 Å². The van der Waals surface area contributed by atoms with Crippen LogP contribution in [-0.4, -0.2) is 67.8 Å². The highest BCUT2D eigenvalue weighted by molar-refractivity contribution is 6.30. The number of ether oxygens (including phenoxy) is 1. The Morgan fingerprint density at radius 3 is 2.23 bits per heavy atom. The van der Waals surface area contributed by atoms with Crippen molar-refractivity contribution in [1.82, 2.24) is 15.1 Å². The van der Waals surface area contributed by atoms with Crippen LogP contribution in [0.25, 0.3) is 0 Å². The van der Waals surface area contributed by atoms with Gasteiger partial charge in [0.05, 0.1) is 6.04 Å². The number of hydrogen-bond acceptors (Lipinski definition) is 5. The Labute approximate surface area is 247 Å². The number of hydrogen-bond donors (Lipinski definition) is 1. The van der Waals surface area contributed by atoms with Gasteiger partial charge in [-0.2, -0.15) is 0 Å². The third-order valence-corrected chi connectivity index (χ3v) is 7.29. The molecule has 1 aliphatic carbocycles. The summed E-state index contributed by atoms with van der Waals surface area (Å²) in [5.74, 6) is 0. The van der Waals surface area contributed by atoms with E-state index in [0.29, 0.717) is 19.5 Å². The highest BCUT2D eigenvalue weighted by atomic mass is 35.5. The van der Waals surface area contributed by atoms with Crippen LogP contribution in [0.2, 0.25) is 5.02 Å². The number of benzene rings is 1. The minimum Gasteiger partial charge on any atom is -0.446 e. The molecule has 2 aliphatic rings. The summed E-state index contributed by atoms with van der Waals surface area (Å²) in [6.45, 7) is 15.2. The molecule has 1 saturated carbocycles. The SMILES string of the molecule is C/C=C(\C)NC=O.CC=NC.CCc1cc(Cl)ccc1[C@H](C=C(C)C)N1CCN(C(=O)OC2CCCCC2)CC1. The number of halogens is 1. The molecule has 0 radical (unpaired) electrons. The number of aliphatic imine (C=N–C) groups is 1. The van der Waals surface area contributed by atoms with Crippen LogP contribution in [0.5, 0.6) is 0 Å². The summed E-state index contributed by atoms with van der Waals surface area (Å²) in [6, 6.07) is 6.44. The Balaban J connectivity index is 0.000000617. The minimum absolute atomic E-state index is 0.119. The zero-order valence-corrected chi connectivity index (χ0v) is 26.5. The van der Waals surface area contributed by atoms with Crippen LogP contribution in [0.3, 0.4) is 0 Å². The smallest absolute Gasteiger partial charge is 0.410 e. The molecule has 1 aliphatic heterocycles. The fraction of sp³-hybridized carbons (Fsp3) is 0.594. The van der Waals surface area contributed by atoms with Gasteiger partial charge in [-0.3, -0.25) is 9.69 Å². The molecule has 1 heterocycles. The standard InChI is InChI=1S/C24H35ClN2O2.C5H9NO.C3H7N/c1-4-19-17-20(25)10-11-22(19)23(16-18(2)3)26-12-14-27(15-13-26)24(28)29-21-8-6-5-7-9-21;1-3-5(2)6-4-7;1-3-4-2/h10-11,16-17,21,23H,4-9,12-15H2,1-3H3;3-4H,1-2H3,(H,6,7);3H,1-2H3/b;5-3+;/t23-;;/m0../s1. The Bertz CT molecular complexity index is 970. The lowest BCUT2D eigenvalue weighted by Gasteiger charge is -2.39. The maximum absolute atomic E-state index is 12.6. The molecule has 224 valence electrons. The van der Waals surface area contributed by atoms with Crippen LogP contribution in [0, 0.1) is 0 Å². The van der Waals surface area contributed by atoms with E-state index >= 15 is 0 Å². The largest absolute Gasteiger partial charge is 0.446 e. The molecule has 2 amide bonds. The molecular weight excluding hydrogens is 524 g/mol. The molecule has 0 aromatic heterocycles. The number of piperazine rings is 1. The molecule has 1 aromatic carbocycles. The summed E-state index contributed by atoms with van der Waals surface area (Å²) in [5, 5.41) is 3.26. The van der Waals surface area contributed by atoms with Gasteiger partial charge >= 0.3 is 6.09 Å². The van der Waals surface area contributed by atoms with Crippen LogP contribution in [0.15, 0.2) is 46.6 Å². The molecule has 2 fully saturated rings. The molecule has 1 saturated heterocycles. The second-order valence-corrected chi connectivity index (χ2v) is 10.7. The van der Waals surface area contributed by atoms with Crippen molar-refractivity contribution in [2.24, 2.45) is 4.99 Å². The Kier molecular flexibility index (Phi) is 17.9. The third kappa shape index (κ3) is 13.1. The molecule has 1 atom stereocenters. The van der Waals surface area contributed by atoms with Gasteiger partial charge in [-0.25, -0.2) is 4.79 Å². The summed E-state index contributed by atoms with van der Waals surface area (Å²) < 4.78 is 5.77. The fourth-order valence-electron chi connectivity index (χ4n) is 4.64. The first-order chi connectivity index (χ1) is 19.2. The fourth-order valence-corrected chi connectivity index (χ4v) is 4.83. The van der Waals surface area contributed by atoms with Crippen molar-refractivity contribution in [3.63, 3.8) is 0 Å². The zero-order valence-electron chi connectivity index (χ0n) is 25.7. The van der Waals surface area contributed by atoms with Crippen molar-refractivity contribution >= 4 is 30.3 Å². The zero-order chi connectivity index (χ0) is 29.9. The van der Waals surface area contributed by atoms with Crippen molar-refractivity contribution in [2.75, 3.05) is 33.2 Å². The molecule has 40 heavy (non-hydrogen) atoms. The van der Waals surface area contributed by atoms with Gasteiger partial charge in [-0.05, 0) is 96.2 Å². The van der Waals surface area contributed by atoms with Gasteiger partial charge in [0.1, 0.15) is 6.10 Å². The monoisotopic (exact) mass is 574 g/mol. The topological polar surface area (TPSA) is 74.2 Å². The molecule has 0 unspecified atom stereocenters. The van der Waals surface area contributed by atoms with Gasteiger partial charge in [0.2, 0.25) is 6.41 Å². The summed E-state index contributed by atoms with van der Waals surface area (Å²) in [4.78, 5) is 30.2. The predicted octanol–water partition coefficient (Wildman–Crippen LogP) is 7.36. The first kappa shape index (κ1) is 35.4. The van der Waals surface area contributed by atoms with Crippen LogP contribution < -0.4 is 5.32 Å². The highest BCUT2D eigenvalue weighted by Gasteiger charge is 2.29. The molecule has 3 rings (SSSR count). The number of rotatable bonds is 7.